The van der Waals surface area contributed by atoms with Gasteiger partial charge >= 0.3 is 6.61 Å². The summed E-state index contributed by atoms with van der Waals surface area (Å²) >= 11 is 0. The second-order valence-corrected chi connectivity index (χ2v) is 7.24. The van der Waals surface area contributed by atoms with Crippen molar-refractivity contribution >= 4 is 12.0 Å². The Morgan fingerprint density at radius 3 is 2.70 bits per heavy atom. The van der Waals surface area contributed by atoms with Gasteiger partial charge in [-0.25, -0.2) is 0 Å². The predicted octanol–water partition coefficient (Wildman–Crippen LogP) is 4.19. The number of nitrogens with one attached hydrogen (secondary N) is 1. The van der Waals surface area contributed by atoms with Gasteiger partial charge in [0.25, 0.3) is 0 Å². The number of benzene rings is 2. The van der Waals surface area contributed by atoms with E-state index in [1.165, 1.54) is 25.3 Å². The number of alkyl halides is 2. The molecule has 0 radical (unpaired) electrons. The molecule has 1 N–H and O–H groups in total. The normalized spacial score (nSPS) is 15.6. The summed E-state index contributed by atoms with van der Waals surface area (Å²) in [5.41, 5.74) is 1.10. The molecule has 178 valence electrons. The molecular weight excluding hydrogens is 436 g/mol. The lowest BCUT2D eigenvalue weighted by Gasteiger charge is -2.15. The topological polar surface area (TPSA) is 75.3 Å². The number of methoxy groups -OCH3 is 2. The number of hydrogen-bond acceptors (Lipinski definition) is 6. The lowest BCUT2D eigenvalue weighted by molar-refractivity contribution is -0.116. The van der Waals surface area contributed by atoms with Gasteiger partial charge < -0.3 is 29.0 Å². The molecule has 1 heterocycles. The summed E-state index contributed by atoms with van der Waals surface area (Å²) in [6.07, 6.45) is 4.74. The minimum absolute atomic E-state index is 0.0941. The molecule has 1 amide bonds. The minimum atomic E-state index is -3.02. The van der Waals surface area contributed by atoms with E-state index in [1.54, 1.807) is 31.4 Å². The average molecular weight is 463 g/mol. The summed E-state index contributed by atoms with van der Waals surface area (Å²) in [4.78, 5) is 12.3. The van der Waals surface area contributed by atoms with Crippen molar-refractivity contribution < 1.29 is 37.3 Å². The van der Waals surface area contributed by atoms with E-state index in [0.29, 0.717) is 23.7 Å². The Labute approximate surface area is 191 Å². The largest absolute Gasteiger partial charge is 0.493 e. The van der Waals surface area contributed by atoms with Crippen molar-refractivity contribution in [3.05, 3.63) is 53.6 Å². The summed E-state index contributed by atoms with van der Waals surface area (Å²) in [6, 6.07) is 10.1. The standard InChI is InChI=1S/C24H27F2NO6/c1-29-20-7-3-5-17(23(20)33-24(25)26)9-11-22(28)27-14-16-8-10-19(21(13-16)30-2)32-15-18-6-4-12-31-18/h3,5,7-11,13,18,24H,4,6,12,14-15H2,1-2H3,(H,27,28)/b11-9+. The fourth-order valence-electron chi connectivity index (χ4n) is 3.35. The number of rotatable bonds is 11. The smallest absolute Gasteiger partial charge is 0.387 e. The average Bonchev–Trinajstić information content (AvgIpc) is 3.34. The molecule has 1 unspecified atom stereocenters. The van der Waals surface area contributed by atoms with E-state index in [2.05, 4.69) is 10.1 Å². The summed E-state index contributed by atoms with van der Waals surface area (Å²) < 4.78 is 51.8. The second kappa shape index (κ2) is 12.1. The Bertz CT molecular complexity index is 960. The maximum Gasteiger partial charge on any atom is 0.387 e. The van der Waals surface area contributed by atoms with Gasteiger partial charge in [0.1, 0.15) is 6.61 Å². The molecule has 9 heteroatoms. The van der Waals surface area contributed by atoms with E-state index in [4.69, 9.17) is 18.9 Å². The lowest BCUT2D eigenvalue weighted by Crippen LogP contribution is -2.20. The highest BCUT2D eigenvalue weighted by Gasteiger charge is 2.17. The van der Waals surface area contributed by atoms with E-state index >= 15 is 0 Å². The fraction of sp³-hybridized carbons (Fsp3) is 0.375. The van der Waals surface area contributed by atoms with Crippen LogP contribution in [-0.2, 0) is 16.1 Å². The molecule has 2 aromatic carbocycles. The summed E-state index contributed by atoms with van der Waals surface area (Å²) in [5, 5.41) is 2.74. The van der Waals surface area contributed by atoms with Crippen LogP contribution in [0.2, 0.25) is 0 Å². The number of carbonyl (C=O) groups is 1. The molecule has 3 rings (SSSR count). The quantitative estimate of drug-likeness (QED) is 0.504. The number of para-hydroxylation sites is 1. The van der Waals surface area contributed by atoms with Crippen LogP contribution in [0.15, 0.2) is 42.5 Å². The van der Waals surface area contributed by atoms with Crippen LogP contribution in [0, 0.1) is 0 Å². The molecule has 1 aliphatic heterocycles. The molecule has 7 nitrogen and oxygen atoms in total. The zero-order valence-corrected chi connectivity index (χ0v) is 18.5. The van der Waals surface area contributed by atoms with Crippen LogP contribution in [-0.4, -0.2) is 46.1 Å². The van der Waals surface area contributed by atoms with Gasteiger partial charge in [-0.2, -0.15) is 8.78 Å². The number of ether oxygens (including phenoxy) is 5. The molecule has 1 aliphatic rings. The highest BCUT2D eigenvalue weighted by Crippen LogP contribution is 2.33. The zero-order chi connectivity index (χ0) is 23.6. The summed E-state index contributed by atoms with van der Waals surface area (Å²) in [5.74, 6) is 0.764. The van der Waals surface area contributed by atoms with Crippen molar-refractivity contribution in [3.8, 4) is 23.0 Å². The Morgan fingerprint density at radius 2 is 2.00 bits per heavy atom. The van der Waals surface area contributed by atoms with Crippen molar-refractivity contribution in [2.45, 2.75) is 32.1 Å². The van der Waals surface area contributed by atoms with E-state index in [-0.39, 0.29) is 24.1 Å². The van der Waals surface area contributed by atoms with Crippen LogP contribution in [0.4, 0.5) is 8.78 Å². The van der Waals surface area contributed by atoms with Gasteiger partial charge in [-0.1, -0.05) is 18.2 Å². The van der Waals surface area contributed by atoms with Crippen molar-refractivity contribution in [3.63, 3.8) is 0 Å². The second-order valence-electron chi connectivity index (χ2n) is 7.24. The van der Waals surface area contributed by atoms with Gasteiger partial charge in [-0.15, -0.1) is 0 Å². The van der Waals surface area contributed by atoms with Crippen LogP contribution in [0.1, 0.15) is 24.0 Å². The Balaban J connectivity index is 1.58. The molecule has 0 bridgehead atoms. The fourth-order valence-corrected chi connectivity index (χ4v) is 3.35. The molecular formula is C24H27F2NO6. The van der Waals surface area contributed by atoms with Crippen molar-refractivity contribution in [2.24, 2.45) is 0 Å². The third-order valence-electron chi connectivity index (χ3n) is 4.99. The number of amides is 1. The third-order valence-corrected chi connectivity index (χ3v) is 4.99. The van der Waals surface area contributed by atoms with Gasteiger partial charge in [-0.05, 0) is 42.7 Å². The number of hydrogen-bond donors (Lipinski definition) is 1. The van der Waals surface area contributed by atoms with Gasteiger partial charge in [0.05, 0.1) is 20.3 Å². The zero-order valence-electron chi connectivity index (χ0n) is 18.5. The molecule has 0 aliphatic carbocycles. The van der Waals surface area contributed by atoms with Gasteiger partial charge in [0.15, 0.2) is 23.0 Å². The molecule has 1 atom stereocenters. The van der Waals surface area contributed by atoms with Crippen molar-refractivity contribution in [2.75, 3.05) is 27.4 Å². The number of carbonyl (C=O) groups excluding carboxylic acids is 1. The van der Waals surface area contributed by atoms with E-state index < -0.39 is 12.5 Å². The summed E-state index contributed by atoms with van der Waals surface area (Å²) in [7, 11) is 2.90. The Hall–Kier alpha value is -3.33. The first-order valence-corrected chi connectivity index (χ1v) is 10.5. The molecule has 1 fully saturated rings. The third kappa shape index (κ3) is 7.08. The SMILES string of the molecule is COc1cc(CNC(=O)/C=C/c2cccc(OC)c2OC(F)F)ccc1OCC1CCCO1. The summed E-state index contributed by atoms with van der Waals surface area (Å²) in [6.45, 7) is -1.56. The molecule has 33 heavy (non-hydrogen) atoms. The van der Waals surface area contributed by atoms with Crippen LogP contribution in [0.25, 0.3) is 6.08 Å². The molecule has 1 saturated heterocycles. The van der Waals surface area contributed by atoms with E-state index in [1.807, 2.05) is 6.07 Å². The van der Waals surface area contributed by atoms with Crippen molar-refractivity contribution in [1.82, 2.24) is 5.32 Å². The van der Waals surface area contributed by atoms with Gasteiger partial charge in [0.2, 0.25) is 5.91 Å². The first kappa shape index (κ1) is 24.3. The molecule has 0 aromatic heterocycles. The monoisotopic (exact) mass is 463 g/mol. The van der Waals surface area contributed by atoms with Crippen LogP contribution < -0.4 is 24.3 Å². The van der Waals surface area contributed by atoms with Gasteiger partial charge in [0, 0.05) is 24.8 Å². The van der Waals surface area contributed by atoms with E-state index in [0.717, 1.165) is 25.0 Å². The van der Waals surface area contributed by atoms with Gasteiger partial charge in [-0.3, -0.25) is 4.79 Å². The van der Waals surface area contributed by atoms with Crippen LogP contribution in [0.3, 0.4) is 0 Å². The first-order valence-electron chi connectivity index (χ1n) is 10.5. The highest BCUT2D eigenvalue weighted by molar-refractivity contribution is 5.92. The van der Waals surface area contributed by atoms with Crippen LogP contribution >= 0.6 is 0 Å². The maximum atomic E-state index is 12.7. The maximum absolute atomic E-state index is 12.7. The highest BCUT2D eigenvalue weighted by atomic mass is 19.3. The van der Waals surface area contributed by atoms with Crippen LogP contribution in [0.5, 0.6) is 23.0 Å². The number of halogens is 2. The Kier molecular flexibility index (Phi) is 8.88. The minimum Gasteiger partial charge on any atom is -0.493 e. The first-order chi connectivity index (χ1) is 16.0. The molecule has 0 saturated carbocycles. The predicted molar refractivity (Wildman–Crippen MR) is 118 cm³/mol. The molecule has 2 aromatic rings. The lowest BCUT2D eigenvalue weighted by atomic mass is 10.1. The van der Waals surface area contributed by atoms with Crippen molar-refractivity contribution in [1.29, 1.82) is 0 Å². The molecule has 0 spiro atoms. The van der Waals surface area contributed by atoms with E-state index in [9.17, 15) is 13.6 Å². The Morgan fingerprint density at radius 1 is 1.18 bits per heavy atom.